The minimum atomic E-state index is -3.74. The number of hydrogen-bond acceptors (Lipinski definition) is 3. The van der Waals surface area contributed by atoms with Gasteiger partial charge < -0.3 is 5.32 Å². The molecule has 2 rings (SSSR count). The van der Waals surface area contributed by atoms with E-state index in [1.165, 1.54) is 18.2 Å². The maximum Gasteiger partial charge on any atom is 0.238 e. The minimum absolute atomic E-state index is 0.00979. The van der Waals surface area contributed by atoms with Crippen LogP contribution in [-0.4, -0.2) is 8.42 Å². The maximum atomic E-state index is 11.4. The lowest BCUT2D eigenvalue weighted by molar-refractivity contribution is 0.598. The van der Waals surface area contributed by atoms with Crippen molar-refractivity contribution in [1.29, 1.82) is 0 Å². The van der Waals surface area contributed by atoms with Crippen molar-refractivity contribution < 1.29 is 8.42 Å². The summed E-state index contributed by atoms with van der Waals surface area (Å²) < 4.78 is 22.7. The number of halogens is 1. The molecule has 6 heteroatoms. The largest absolute Gasteiger partial charge is 0.377 e. The third-order valence-electron chi connectivity index (χ3n) is 2.94. The van der Waals surface area contributed by atoms with Crippen LogP contribution >= 0.6 is 11.6 Å². The molecule has 0 heterocycles. The fourth-order valence-electron chi connectivity index (χ4n) is 1.85. The molecular weight excluding hydrogens is 296 g/mol. The van der Waals surface area contributed by atoms with E-state index < -0.39 is 10.0 Å². The number of benzene rings is 2. The summed E-state index contributed by atoms with van der Waals surface area (Å²) in [5.41, 5.74) is 1.61. The van der Waals surface area contributed by atoms with Crippen LogP contribution in [0.25, 0.3) is 0 Å². The van der Waals surface area contributed by atoms with Gasteiger partial charge in [-0.15, -0.1) is 0 Å². The highest BCUT2D eigenvalue weighted by Gasteiger charge is 2.12. The number of anilines is 1. The Kier molecular flexibility index (Phi) is 4.32. The van der Waals surface area contributed by atoms with E-state index in [1.807, 2.05) is 37.3 Å². The monoisotopic (exact) mass is 310 g/mol. The van der Waals surface area contributed by atoms with Crippen LogP contribution < -0.4 is 10.5 Å². The maximum absolute atomic E-state index is 11.4. The first-order valence-electron chi connectivity index (χ1n) is 6.02. The van der Waals surface area contributed by atoms with Crippen LogP contribution in [0.1, 0.15) is 18.5 Å². The third-order valence-corrected chi connectivity index (χ3v) is 4.18. The number of nitrogens with two attached hydrogens (primary N) is 1. The van der Waals surface area contributed by atoms with E-state index in [1.54, 1.807) is 0 Å². The fraction of sp³-hybridized carbons (Fsp3) is 0.143. The van der Waals surface area contributed by atoms with Crippen LogP contribution in [0.2, 0.25) is 5.02 Å². The lowest BCUT2D eigenvalue weighted by Crippen LogP contribution is -2.13. The van der Waals surface area contributed by atoms with Crippen molar-refractivity contribution in [2.75, 3.05) is 5.32 Å². The molecule has 106 valence electrons. The molecule has 0 radical (unpaired) electrons. The third kappa shape index (κ3) is 3.50. The van der Waals surface area contributed by atoms with E-state index in [2.05, 4.69) is 5.32 Å². The standard InChI is InChI=1S/C14H15ClN2O2S/c1-10(11-5-3-2-4-6-11)17-14-9-12(20(16,18)19)7-8-13(14)15/h2-10,17H,1H3,(H2,16,18,19). The Labute approximate surface area is 123 Å². The summed E-state index contributed by atoms with van der Waals surface area (Å²) in [4.78, 5) is 0.0321. The number of rotatable bonds is 4. The smallest absolute Gasteiger partial charge is 0.238 e. The number of hydrogen-bond donors (Lipinski definition) is 2. The quantitative estimate of drug-likeness (QED) is 0.911. The lowest BCUT2D eigenvalue weighted by atomic mass is 10.1. The van der Waals surface area contributed by atoms with Gasteiger partial charge in [0.05, 0.1) is 15.6 Å². The van der Waals surface area contributed by atoms with Gasteiger partial charge in [-0.2, -0.15) is 0 Å². The summed E-state index contributed by atoms with van der Waals surface area (Å²) in [5, 5.41) is 8.75. The SMILES string of the molecule is CC(Nc1cc(S(N)(=O)=O)ccc1Cl)c1ccccc1. The van der Waals surface area contributed by atoms with Crippen LogP contribution in [0.3, 0.4) is 0 Å². The Morgan fingerprint density at radius 3 is 2.40 bits per heavy atom. The molecule has 0 fully saturated rings. The van der Waals surface area contributed by atoms with E-state index in [9.17, 15) is 8.42 Å². The Morgan fingerprint density at radius 2 is 1.80 bits per heavy atom. The molecule has 3 N–H and O–H groups in total. The summed E-state index contributed by atoms with van der Waals surface area (Å²) >= 11 is 6.08. The van der Waals surface area contributed by atoms with Crippen molar-refractivity contribution in [3.63, 3.8) is 0 Å². The van der Waals surface area contributed by atoms with Crippen LogP contribution in [0.4, 0.5) is 5.69 Å². The average molecular weight is 311 g/mol. The highest BCUT2D eigenvalue weighted by molar-refractivity contribution is 7.89. The van der Waals surface area contributed by atoms with Gasteiger partial charge in [-0.1, -0.05) is 41.9 Å². The summed E-state index contributed by atoms with van der Waals surface area (Å²) in [7, 11) is -3.74. The molecular formula is C14H15ClN2O2S. The molecule has 0 saturated heterocycles. The molecule has 0 saturated carbocycles. The topological polar surface area (TPSA) is 72.2 Å². The van der Waals surface area contributed by atoms with Gasteiger partial charge in [0, 0.05) is 6.04 Å². The summed E-state index contributed by atoms with van der Waals surface area (Å²) in [5.74, 6) is 0. The highest BCUT2D eigenvalue weighted by Crippen LogP contribution is 2.28. The van der Waals surface area contributed by atoms with E-state index >= 15 is 0 Å². The second-order valence-electron chi connectivity index (χ2n) is 4.46. The molecule has 1 atom stereocenters. The molecule has 0 spiro atoms. The Balaban J connectivity index is 2.30. The first-order chi connectivity index (χ1) is 9.38. The molecule has 0 aliphatic carbocycles. The van der Waals surface area contributed by atoms with Gasteiger partial charge in [-0.25, -0.2) is 13.6 Å². The van der Waals surface area contributed by atoms with Gasteiger partial charge in [0.15, 0.2) is 0 Å². The van der Waals surface area contributed by atoms with E-state index in [0.717, 1.165) is 5.56 Å². The van der Waals surface area contributed by atoms with Crippen molar-refractivity contribution in [1.82, 2.24) is 0 Å². The number of sulfonamides is 1. The summed E-state index contributed by atoms with van der Waals surface area (Å²) in [6, 6.07) is 14.1. The molecule has 0 amide bonds. The van der Waals surface area contributed by atoms with Gasteiger partial charge in [0.2, 0.25) is 10.0 Å². The van der Waals surface area contributed by atoms with Crippen LogP contribution in [0.5, 0.6) is 0 Å². The zero-order valence-corrected chi connectivity index (χ0v) is 12.4. The molecule has 4 nitrogen and oxygen atoms in total. The Bertz CT molecular complexity index is 702. The summed E-state index contributed by atoms with van der Waals surface area (Å²) in [6.45, 7) is 1.97. The van der Waals surface area contributed by atoms with E-state index in [0.29, 0.717) is 10.7 Å². The molecule has 0 aliphatic rings. The zero-order valence-electron chi connectivity index (χ0n) is 10.9. The van der Waals surface area contributed by atoms with Crippen LogP contribution in [-0.2, 0) is 10.0 Å². The van der Waals surface area contributed by atoms with Crippen LogP contribution in [0.15, 0.2) is 53.4 Å². The Hall–Kier alpha value is -1.56. The van der Waals surface area contributed by atoms with Crippen molar-refractivity contribution in [2.45, 2.75) is 17.9 Å². The van der Waals surface area contributed by atoms with Crippen molar-refractivity contribution in [3.8, 4) is 0 Å². The first-order valence-corrected chi connectivity index (χ1v) is 7.94. The predicted octanol–water partition coefficient (Wildman–Crippen LogP) is 3.16. The normalized spacial score (nSPS) is 12.9. The van der Waals surface area contributed by atoms with Gasteiger partial charge in [-0.3, -0.25) is 0 Å². The molecule has 0 aliphatic heterocycles. The van der Waals surface area contributed by atoms with Crippen molar-refractivity contribution in [2.24, 2.45) is 5.14 Å². The molecule has 2 aromatic rings. The number of primary sulfonamides is 1. The van der Waals surface area contributed by atoms with E-state index in [4.69, 9.17) is 16.7 Å². The molecule has 2 aromatic carbocycles. The molecule has 0 bridgehead atoms. The van der Waals surface area contributed by atoms with Crippen LogP contribution in [0, 0.1) is 0 Å². The van der Waals surface area contributed by atoms with Gasteiger partial charge in [0.25, 0.3) is 0 Å². The van der Waals surface area contributed by atoms with Gasteiger partial charge in [-0.05, 0) is 30.7 Å². The second kappa shape index (κ2) is 5.83. The minimum Gasteiger partial charge on any atom is -0.377 e. The van der Waals surface area contributed by atoms with Crippen molar-refractivity contribution in [3.05, 3.63) is 59.1 Å². The second-order valence-corrected chi connectivity index (χ2v) is 6.43. The van der Waals surface area contributed by atoms with Crippen molar-refractivity contribution >= 4 is 27.3 Å². The predicted molar refractivity (Wildman–Crippen MR) is 81.3 cm³/mol. The zero-order chi connectivity index (χ0) is 14.8. The Morgan fingerprint density at radius 1 is 1.15 bits per heavy atom. The highest BCUT2D eigenvalue weighted by atomic mass is 35.5. The fourth-order valence-corrected chi connectivity index (χ4v) is 2.56. The molecule has 1 unspecified atom stereocenters. The summed E-state index contributed by atoms with van der Waals surface area (Å²) in [6.07, 6.45) is 0. The van der Waals surface area contributed by atoms with Gasteiger partial charge >= 0.3 is 0 Å². The van der Waals surface area contributed by atoms with Gasteiger partial charge in [0.1, 0.15) is 0 Å². The van der Waals surface area contributed by atoms with E-state index in [-0.39, 0.29) is 10.9 Å². The molecule has 20 heavy (non-hydrogen) atoms. The first kappa shape index (κ1) is 14.8. The average Bonchev–Trinajstić information content (AvgIpc) is 2.41. The lowest BCUT2D eigenvalue weighted by Gasteiger charge is -2.17. The number of nitrogens with one attached hydrogen (secondary N) is 1. The molecule has 0 aromatic heterocycles.